The number of halogens is 1. The summed E-state index contributed by atoms with van der Waals surface area (Å²) in [5.41, 5.74) is 8.59. The van der Waals surface area contributed by atoms with Crippen LogP contribution in [0.25, 0.3) is 0 Å². The van der Waals surface area contributed by atoms with Gasteiger partial charge in [0.25, 0.3) is 0 Å². The van der Waals surface area contributed by atoms with Crippen molar-refractivity contribution in [1.29, 1.82) is 0 Å². The first kappa shape index (κ1) is 14.6. The van der Waals surface area contributed by atoms with Gasteiger partial charge in [-0.05, 0) is 22.8 Å². The van der Waals surface area contributed by atoms with Crippen molar-refractivity contribution in [2.75, 3.05) is 0 Å². The van der Waals surface area contributed by atoms with Gasteiger partial charge in [0.05, 0.1) is 6.42 Å². The molecule has 0 saturated carbocycles. The van der Waals surface area contributed by atoms with Gasteiger partial charge in [0.1, 0.15) is 0 Å². The van der Waals surface area contributed by atoms with Gasteiger partial charge < -0.3 is 11.1 Å². The number of carbonyl (C=O) groups excluding carboxylic acids is 1. The zero-order chi connectivity index (χ0) is 14.4. The molecule has 3 N–H and O–H groups in total. The number of nitrogens with one attached hydrogen (secondary N) is 1. The first-order valence-electron chi connectivity index (χ1n) is 6.47. The molecule has 3 nitrogen and oxygen atoms in total. The van der Waals surface area contributed by atoms with E-state index in [2.05, 4.69) is 5.32 Å². The van der Waals surface area contributed by atoms with Crippen LogP contribution in [0.2, 0.25) is 5.02 Å². The fourth-order valence-corrected chi connectivity index (χ4v) is 2.20. The van der Waals surface area contributed by atoms with Crippen molar-refractivity contribution in [3.63, 3.8) is 0 Å². The Morgan fingerprint density at radius 3 is 2.25 bits per heavy atom. The minimum Gasteiger partial charge on any atom is -0.352 e. The Labute approximate surface area is 123 Å². The number of nitrogens with two attached hydrogens (primary N) is 1. The molecule has 0 aliphatic heterocycles. The summed E-state index contributed by atoms with van der Waals surface area (Å²) >= 11 is 6.04. The second-order valence-electron chi connectivity index (χ2n) is 4.52. The van der Waals surface area contributed by atoms with Crippen LogP contribution in [0.5, 0.6) is 0 Å². The monoisotopic (exact) mass is 288 g/mol. The fourth-order valence-electron chi connectivity index (χ4n) is 2.00. The molecule has 0 fully saturated rings. The highest BCUT2D eigenvalue weighted by Gasteiger charge is 2.07. The van der Waals surface area contributed by atoms with Gasteiger partial charge in [-0.15, -0.1) is 0 Å². The summed E-state index contributed by atoms with van der Waals surface area (Å²) in [5.74, 6) is -0.0510. The van der Waals surface area contributed by atoms with Crippen molar-refractivity contribution in [3.05, 3.63) is 70.2 Å². The first-order valence-corrected chi connectivity index (χ1v) is 6.85. The van der Waals surface area contributed by atoms with Crippen LogP contribution < -0.4 is 11.1 Å². The van der Waals surface area contributed by atoms with Crippen LogP contribution in [-0.4, -0.2) is 5.91 Å². The van der Waals surface area contributed by atoms with Crippen molar-refractivity contribution >= 4 is 17.5 Å². The third kappa shape index (κ3) is 3.83. The fraction of sp³-hybridized carbons (Fsp3) is 0.188. The van der Waals surface area contributed by atoms with Gasteiger partial charge in [-0.2, -0.15) is 0 Å². The maximum Gasteiger partial charge on any atom is 0.224 e. The quantitative estimate of drug-likeness (QED) is 0.889. The predicted molar refractivity (Wildman–Crippen MR) is 81.3 cm³/mol. The number of carbonyl (C=O) groups is 1. The van der Waals surface area contributed by atoms with Gasteiger partial charge >= 0.3 is 0 Å². The van der Waals surface area contributed by atoms with Crippen molar-refractivity contribution in [2.24, 2.45) is 5.73 Å². The minimum absolute atomic E-state index is 0.0510. The zero-order valence-corrected chi connectivity index (χ0v) is 11.9. The average Bonchev–Trinajstić information content (AvgIpc) is 2.48. The van der Waals surface area contributed by atoms with Crippen LogP contribution in [0, 0.1) is 0 Å². The largest absolute Gasteiger partial charge is 0.352 e. The number of hydrogen-bond acceptors (Lipinski definition) is 2. The molecule has 4 heteroatoms. The lowest BCUT2D eigenvalue weighted by Crippen LogP contribution is -2.25. The topological polar surface area (TPSA) is 55.1 Å². The lowest BCUT2D eigenvalue weighted by atomic mass is 10.1. The molecule has 0 radical (unpaired) electrons. The number of benzene rings is 2. The second kappa shape index (κ2) is 7.08. The number of hydrogen-bond donors (Lipinski definition) is 2. The normalized spacial score (nSPS) is 10.3. The molecule has 2 aromatic carbocycles. The molecule has 0 aromatic heterocycles. The molecular weight excluding hydrogens is 272 g/mol. The Morgan fingerprint density at radius 2 is 1.60 bits per heavy atom. The molecule has 0 unspecified atom stereocenters. The second-order valence-corrected chi connectivity index (χ2v) is 4.92. The summed E-state index contributed by atoms with van der Waals surface area (Å²) in [6.07, 6.45) is 0.282. The molecule has 0 aliphatic rings. The highest BCUT2D eigenvalue weighted by atomic mass is 35.5. The zero-order valence-electron chi connectivity index (χ0n) is 11.1. The third-order valence-corrected chi connectivity index (χ3v) is 3.49. The highest BCUT2D eigenvalue weighted by Crippen LogP contribution is 2.15. The summed E-state index contributed by atoms with van der Waals surface area (Å²) in [7, 11) is 0. The van der Waals surface area contributed by atoms with Crippen molar-refractivity contribution < 1.29 is 4.79 Å². The van der Waals surface area contributed by atoms with Crippen LogP contribution >= 0.6 is 11.6 Å². The van der Waals surface area contributed by atoms with E-state index in [-0.39, 0.29) is 12.3 Å². The van der Waals surface area contributed by atoms with E-state index in [4.69, 9.17) is 17.3 Å². The Hall–Kier alpha value is -1.84. The van der Waals surface area contributed by atoms with Gasteiger partial charge in [-0.25, -0.2) is 0 Å². The van der Waals surface area contributed by atoms with Gasteiger partial charge in [-0.3, -0.25) is 4.79 Å². The van der Waals surface area contributed by atoms with E-state index >= 15 is 0 Å². The molecule has 20 heavy (non-hydrogen) atoms. The average molecular weight is 289 g/mol. The highest BCUT2D eigenvalue weighted by molar-refractivity contribution is 6.31. The summed E-state index contributed by atoms with van der Waals surface area (Å²) in [6.45, 7) is 0.952. The number of amides is 1. The molecule has 0 saturated heterocycles. The molecule has 0 heterocycles. The summed E-state index contributed by atoms with van der Waals surface area (Å²) in [5, 5.41) is 3.51. The SMILES string of the molecule is NCc1ccccc1CNC(=O)Cc1ccccc1Cl. The molecule has 1 amide bonds. The van der Waals surface area contributed by atoms with Crippen molar-refractivity contribution in [2.45, 2.75) is 19.5 Å². The molecule has 2 aromatic rings. The van der Waals surface area contributed by atoms with Crippen LogP contribution in [0.15, 0.2) is 48.5 Å². The molecule has 0 atom stereocenters. The van der Waals surface area contributed by atoms with Gasteiger partial charge in [0, 0.05) is 18.1 Å². The lowest BCUT2D eigenvalue weighted by molar-refractivity contribution is -0.120. The van der Waals surface area contributed by atoms with Gasteiger partial charge in [0.15, 0.2) is 0 Å². The predicted octanol–water partition coefficient (Wildman–Crippen LogP) is 2.66. The van der Waals surface area contributed by atoms with E-state index in [1.54, 1.807) is 6.07 Å². The van der Waals surface area contributed by atoms with E-state index in [0.29, 0.717) is 18.1 Å². The van der Waals surface area contributed by atoms with Crippen molar-refractivity contribution in [3.8, 4) is 0 Å². The summed E-state index contributed by atoms with van der Waals surface area (Å²) < 4.78 is 0. The van der Waals surface area contributed by atoms with E-state index in [9.17, 15) is 4.79 Å². The molecule has 2 rings (SSSR count). The molecule has 0 bridgehead atoms. The van der Waals surface area contributed by atoms with Crippen LogP contribution in [0.1, 0.15) is 16.7 Å². The lowest BCUT2D eigenvalue weighted by Gasteiger charge is -2.09. The van der Waals surface area contributed by atoms with Crippen LogP contribution in [0.3, 0.4) is 0 Å². The maximum atomic E-state index is 11.9. The van der Waals surface area contributed by atoms with Crippen molar-refractivity contribution in [1.82, 2.24) is 5.32 Å². The van der Waals surface area contributed by atoms with E-state index in [1.807, 2.05) is 42.5 Å². The Bertz CT molecular complexity index is 599. The summed E-state index contributed by atoms with van der Waals surface area (Å²) in [6, 6.07) is 15.2. The van der Waals surface area contributed by atoms with E-state index < -0.39 is 0 Å². The molecule has 104 valence electrons. The third-order valence-electron chi connectivity index (χ3n) is 3.12. The van der Waals surface area contributed by atoms with E-state index in [1.165, 1.54) is 0 Å². The smallest absolute Gasteiger partial charge is 0.224 e. The standard InChI is InChI=1S/C16H17ClN2O/c17-15-8-4-3-5-12(15)9-16(20)19-11-14-7-2-1-6-13(14)10-18/h1-8H,9-11,18H2,(H,19,20). The minimum atomic E-state index is -0.0510. The van der Waals surface area contributed by atoms with Gasteiger partial charge in [0.2, 0.25) is 5.91 Å². The first-order chi connectivity index (χ1) is 9.70. The Morgan fingerprint density at radius 1 is 1.00 bits per heavy atom. The molecular formula is C16H17ClN2O. The van der Waals surface area contributed by atoms with E-state index in [0.717, 1.165) is 16.7 Å². The molecule has 0 aliphatic carbocycles. The van der Waals surface area contributed by atoms with Gasteiger partial charge in [-0.1, -0.05) is 54.1 Å². The Balaban J connectivity index is 1.94. The molecule has 0 spiro atoms. The number of rotatable bonds is 5. The van der Waals surface area contributed by atoms with Crippen LogP contribution in [-0.2, 0) is 24.3 Å². The summed E-state index contributed by atoms with van der Waals surface area (Å²) in [4.78, 5) is 11.9. The maximum absolute atomic E-state index is 11.9. The van der Waals surface area contributed by atoms with Crippen LogP contribution in [0.4, 0.5) is 0 Å². The Kier molecular flexibility index (Phi) is 5.16.